The molecule has 0 spiro atoms. The van der Waals surface area contributed by atoms with Crippen molar-refractivity contribution in [3.8, 4) is 61.8 Å². The smallest absolute Gasteiger partial charge is 0.160 e. The number of aromatic nitrogens is 3. The highest BCUT2D eigenvalue weighted by Gasteiger charge is 2.37. The van der Waals surface area contributed by atoms with Gasteiger partial charge in [-0.05, 0) is 103 Å². The number of hydrogen-bond donors (Lipinski definition) is 0. The van der Waals surface area contributed by atoms with E-state index < -0.39 is 0 Å². The average molecular weight is 766 g/mol. The fourth-order valence-corrected chi connectivity index (χ4v) is 9.89. The molecule has 3 heteroatoms. The first-order valence-corrected chi connectivity index (χ1v) is 20.7. The molecule has 0 N–H and O–H groups in total. The summed E-state index contributed by atoms with van der Waals surface area (Å²) in [7, 11) is 0. The van der Waals surface area contributed by atoms with Gasteiger partial charge < -0.3 is 4.57 Å². The molecule has 12 rings (SSSR count). The summed E-state index contributed by atoms with van der Waals surface area (Å²) >= 11 is 0. The third-order valence-corrected chi connectivity index (χ3v) is 12.8. The number of para-hydroxylation sites is 2. The minimum Gasteiger partial charge on any atom is -0.309 e. The molecule has 1 aliphatic carbocycles. The van der Waals surface area contributed by atoms with Gasteiger partial charge in [0.2, 0.25) is 0 Å². The third-order valence-electron chi connectivity index (χ3n) is 12.8. The Balaban J connectivity index is 1.05. The number of fused-ring (bicyclic) bond motifs is 8. The van der Waals surface area contributed by atoms with E-state index in [1.807, 2.05) is 6.07 Å². The number of benzene rings is 9. The van der Waals surface area contributed by atoms with Crippen LogP contribution < -0.4 is 0 Å². The van der Waals surface area contributed by atoms with E-state index in [4.69, 9.17) is 9.97 Å². The minimum absolute atomic E-state index is 0.120. The Hall–Kier alpha value is -7.62. The summed E-state index contributed by atoms with van der Waals surface area (Å²) in [4.78, 5) is 10.6. The van der Waals surface area contributed by atoms with Crippen molar-refractivity contribution >= 4 is 43.4 Å². The van der Waals surface area contributed by atoms with Crippen LogP contribution in [0.25, 0.3) is 105 Å². The fourth-order valence-electron chi connectivity index (χ4n) is 9.89. The summed E-state index contributed by atoms with van der Waals surface area (Å²) in [6.45, 7) is 4.74. The second kappa shape index (κ2) is 13.2. The zero-order valence-corrected chi connectivity index (χ0v) is 33.4. The zero-order chi connectivity index (χ0) is 40.0. The second-order valence-electron chi connectivity index (χ2n) is 16.6. The quantitative estimate of drug-likeness (QED) is 0.175. The molecule has 0 saturated carbocycles. The topological polar surface area (TPSA) is 30.7 Å². The Labute approximate surface area is 348 Å². The maximum Gasteiger partial charge on any atom is 0.160 e. The molecule has 2 aromatic heterocycles. The first kappa shape index (κ1) is 34.4. The van der Waals surface area contributed by atoms with E-state index >= 15 is 0 Å². The fraction of sp³-hybridized carbons (Fsp3) is 0.0526. The van der Waals surface area contributed by atoms with E-state index in [-0.39, 0.29) is 5.41 Å². The van der Waals surface area contributed by atoms with Gasteiger partial charge in [-0.1, -0.05) is 166 Å². The highest BCUT2D eigenvalue weighted by Crippen LogP contribution is 2.54. The van der Waals surface area contributed by atoms with Crippen LogP contribution in [0.5, 0.6) is 0 Å². The predicted octanol–water partition coefficient (Wildman–Crippen LogP) is 14.9. The van der Waals surface area contributed by atoms with Gasteiger partial charge in [-0.15, -0.1) is 0 Å². The summed E-state index contributed by atoms with van der Waals surface area (Å²) in [5, 5.41) is 7.32. The van der Waals surface area contributed by atoms with Crippen LogP contribution in [0.3, 0.4) is 0 Å². The second-order valence-corrected chi connectivity index (χ2v) is 16.6. The number of hydrogen-bond acceptors (Lipinski definition) is 2. The Bertz CT molecular complexity index is 3500. The Morgan fingerprint density at radius 3 is 1.82 bits per heavy atom. The average Bonchev–Trinajstić information content (AvgIpc) is 3.75. The SMILES string of the molecule is CC1(C)c2cc3ccccc3cc2-c2c(-c3ccc(-c4cc(-c5ccc6c(c5)c5ccccc5n6-c5ccccc5)nc(-c5ccccc5)n4)c4ccccc34)cccc21. The highest BCUT2D eigenvalue weighted by molar-refractivity contribution is 6.11. The summed E-state index contributed by atoms with van der Waals surface area (Å²) in [5.41, 5.74) is 16.2. The van der Waals surface area contributed by atoms with Gasteiger partial charge in [0, 0.05) is 38.6 Å². The summed E-state index contributed by atoms with van der Waals surface area (Å²) in [5.74, 6) is 0.704. The van der Waals surface area contributed by atoms with E-state index in [1.54, 1.807) is 0 Å². The summed E-state index contributed by atoms with van der Waals surface area (Å²) < 4.78 is 2.35. The van der Waals surface area contributed by atoms with Crippen LogP contribution in [-0.2, 0) is 5.41 Å². The van der Waals surface area contributed by atoms with Gasteiger partial charge >= 0.3 is 0 Å². The maximum absolute atomic E-state index is 5.33. The van der Waals surface area contributed by atoms with Crippen LogP contribution >= 0.6 is 0 Å². The molecule has 1 aliphatic rings. The Morgan fingerprint density at radius 1 is 0.383 bits per heavy atom. The monoisotopic (exact) mass is 765 g/mol. The molecular weight excluding hydrogens is 727 g/mol. The molecule has 0 unspecified atom stereocenters. The molecular formula is C57H39N3. The van der Waals surface area contributed by atoms with E-state index in [9.17, 15) is 0 Å². The van der Waals surface area contributed by atoms with Crippen molar-refractivity contribution in [3.05, 3.63) is 211 Å². The largest absolute Gasteiger partial charge is 0.309 e. The molecule has 2 heterocycles. The molecule has 0 bridgehead atoms. The molecule has 282 valence electrons. The lowest BCUT2D eigenvalue weighted by Crippen LogP contribution is -2.14. The van der Waals surface area contributed by atoms with Crippen molar-refractivity contribution in [1.82, 2.24) is 14.5 Å². The van der Waals surface area contributed by atoms with Gasteiger partial charge in [0.1, 0.15) is 0 Å². The first-order valence-electron chi connectivity index (χ1n) is 20.7. The van der Waals surface area contributed by atoms with Gasteiger partial charge in [-0.25, -0.2) is 9.97 Å². The van der Waals surface area contributed by atoms with Gasteiger partial charge in [-0.2, -0.15) is 0 Å². The van der Waals surface area contributed by atoms with Gasteiger partial charge in [0.05, 0.1) is 22.4 Å². The lowest BCUT2D eigenvalue weighted by molar-refractivity contribution is 0.661. The van der Waals surface area contributed by atoms with E-state index in [2.05, 4.69) is 213 Å². The molecule has 0 saturated heterocycles. The minimum atomic E-state index is -0.120. The maximum atomic E-state index is 5.33. The van der Waals surface area contributed by atoms with Crippen LogP contribution in [0.2, 0.25) is 0 Å². The molecule has 60 heavy (non-hydrogen) atoms. The lowest BCUT2D eigenvalue weighted by atomic mass is 9.81. The van der Waals surface area contributed by atoms with Crippen molar-refractivity contribution in [2.24, 2.45) is 0 Å². The summed E-state index contributed by atoms with van der Waals surface area (Å²) in [6, 6.07) is 72.4. The van der Waals surface area contributed by atoms with E-state index in [1.165, 1.54) is 65.8 Å². The molecule has 0 fully saturated rings. The van der Waals surface area contributed by atoms with Crippen molar-refractivity contribution in [3.63, 3.8) is 0 Å². The van der Waals surface area contributed by atoms with Crippen LogP contribution in [0.1, 0.15) is 25.0 Å². The summed E-state index contributed by atoms with van der Waals surface area (Å²) in [6.07, 6.45) is 0. The lowest BCUT2D eigenvalue weighted by Gasteiger charge is -2.22. The Kier molecular flexibility index (Phi) is 7.58. The molecule has 0 radical (unpaired) electrons. The van der Waals surface area contributed by atoms with Gasteiger partial charge in [-0.3, -0.25) is 0 Å². The van der Waals surface area contributed by atoms with Crippen molar-refractivity contribution in [1.29, 1.82) is 0 Å². The molecule has 9 aromatic carbocycles. The number of nitrogens with zero attached hydrogens (tertiary/aromatic N) is 3. The normalized spacial score (nSPS) is 13.0. The molecule has 3 nitrogen and oxygen atoms in total. The first-order chi connectivity index (χ1) is 29.5. The third kappa shape index (κ3) is 5.22. The molecule has 0 amide bonds. The van der Waals surface area contributed by atoms with Crippen molar-refractivity contribution < 1.29 is 0 Å². The molecule has 0 atom stereocenters. The van der Waals surface area contributed by atoms with Crippen molar-refractivity contribution in [2.45, 2.75) is 19.3 Å². The van der Waals surface area contributed by atoms with Gasteiger partial charge in [0.15, 0.2) is 5.82 Å². The molecule has 11 aromatic rings. The standard InChI is InChI=1S/C57H39N3/c1-57(2)49-26-15-25-46(55(49)48-32-37-18-9-10-19-38(37)34-50(48)57)43-29-30-44(42-23-12-11-22-41(42)43)52-35-51(58-56(59-52)36-16-5-3-6-17-36)39-28-31-54-47(33-39)45-24-13-14-27-53(45)60(54)40-20-7-4-8-21-40/h3-35H,1-2H3. The van der Waals surface area contributed by atoms with Crippen LogP contribution in [0.4, 0.5) is 0 Å². The van der Waals surface area contributed by atoms with E-state index in [0.717, 1.165) is 44.7 Å². The number of rotatable bonds is 5. The van der Waals surface area contributed by atoms with Gasteiger partial charge in [0.25, 0.3) is 0 Å². The van der Waals surface area contributed by atoms with Crippen LogP contribution in [-0.4, -0.2) is 14.5 Å². The van der Waals surface area contributed by atoms with Crippen LogP contribution in [0.15, 0.2) is 200 Å². The van der Waals surface area contributed by atoms with Crippen LogP contribution in [0, 0.1) is 0 Å². The molecule has 0 aliphatic heterocycles. The van der Waals surface area contributed by atoms with Crippen molar-refractivity contribution in [2.75, 3.05) is 0 Å². The van der Waals surface area contributed by atoms with E-state index in [0.29, 0.717) is 5.82 Å². The zero-order valence-electron chi connectivity index (χ0n) is 33.4. The predicted molar refractivity (Wildman–Crippen MR) is 251 cm³/mol. The Morgan fingerprint density at radius 2 is 1.02 bits per heavy atom. The highest BCUT2D eigenvalue weighted by atomic mass is 15.0.